The van der Waals surface area contributed by atoms with Gasteiger partial charge in [-0.1, -0.05) is 19.1 Å². The second kappa shape index (κ2) is 9.68. The predicted molar refractivity (Wildman–Crippen MR) is 113 cm³/mol. The molecule has 0 spiro atoms. The molecule has 28 heavy (non-hydrogen) atoms. The first kappa shape index (κ1) is 20.3. The topological polar surface area (TPSA) is 74.3 Å². The highest BCUT2D eigenvalue weighted by Crippen LogP contribution is 2.30. The molecule has 2 heterocycles. The predicted octanol–water partition coefficient (Wildman–Crippen LogP) is 3.93. The summed E-state index contributed by atoms with van der Waals surface area (Å²) < 4.78 is 0. The zero-order valence-electron chi connectivity index (χ0n) is 16.5. The van der Waals surface area contributed by atoms with E-state index in [0.29, 0.717) is 18.9 Å². The summed E-state index contributed by atoms with van der Waals surface area (Å²) in [6.07, 6.45) is 3.14. The minimum atomic E-state index is -0.0319. The Morgan fingerprint density at radius 3 is 2.79 bits per heavy atom. The van der Waals surface area contributed by atoms with E-state index >= 15 is 0 Å². The van der Waals surface area contributed by atoms with Crippen LogP contribution in [0.5, 0.6) is 0 Å². The van der Waals surface area contributed by atoms with Crippen LogP contribution in [0.4, 0.5) is 10.5 Å². The zero-order valence-corrected chi connectivity index (χ0v) is 17.3. The molecule has 0 radical (unpaired) electrons. The summed E-state index contributed by atoms with van der Waals surface area (Å²) in [6.45, 7) is 5.98. The Kier molecular flexibility index (Phi) is 7.03. The van der Waals surface area contributed by atoms with Gasteiger partial charge in [0.05, 0.1) is 10.7 Å². The number of hydrogen-bond acceptors (Lipinski definition) is 4. The van der Waals surface area contributed by atoms with Gasteiger partial charge < -0.3 is 15.5 Å². The van der Waals surface area contributed by atoms with Crippen molar-refractivity contribution in [3.8, 4) is 0 Å². The third kappa shape index (κ3) is 5.55. The second-order valence-corrected chi connectivity index (χ2v) is 8.08. The number of aromatic nitrogens is 1. The number of urea groups is 1. The number of carbonyl (C=O) groups excluding carboxylic acids is 2. The molecular weight excluding hydrogens is 372 g/mol. The van der Waals surface area contributed by atoms with Crippen molar-refractivity contribution in [2.45, 2.75) is 45.4 Å². The summed E-state index contributed by atoms with van der Waals surface area (Å²) in [7, 11) is 0. The van der Waals surface area contributed by atoms with Gasteiger partial charge in [0.2, 0.25) is 5.91 Å². The molecule has 6 nitrogen and oxygen atoms in total. The highest BCUT2D eigenvalue weighted by atomic mass is 32.1. The molecule has 1 fully saturated rings. The highest BCUT2D eigenvalue weighted by Gasteiger charge is 2.25. The van der Waals surface area contributed by atoms with Crippen LogP contribution in [0.3, 0.4) is 0 Å². The summed E-state index contributed by atoms with van der Waals surface area (Å²) in [6, 6.07) is 7.82. The number of hydrogen-bond donors (Lipinski definition) is 2. The third-order valence-corrected chi connectivity index (χ3v) is 6.05. The molecule has 0 aliphatic carbocycles. The van der Waals surface area contributed by atoms with Crippen molar-refractivity contribution >= 4 is 29.0 Å². The van der Waals surface area contributed by atoms with Gasteiger partial charge >= 0.3 is 6.03 Å². The smallest absolute Gasteiger partial charge is 0.321 e. The van der Waals surface area contributed by atoms with Gasteiger partial charge in [-0.3, -0.25) is 4.79 Å². The van der Waals surface area contributed by atoms with Gasteiger partial charge in [0.25, 0.3) is 0 Å². The Morgan fingerprint density at radius 2 is 2.07 bits per heavy atom. The lowest BCUT2D eigenvalue weighted by molar-refractivity contribution is -0.120. The standard InChI is InChI=1S/C21H28N4O2S/c1-3-19(26)22-10-7-18-14-28-20(23-18)16-8-11-25(12-9-16)21(27)24-17-6-4-5-15(2)13-17/h4-6,13-14,16H,3,7-12H2,1-2H3,(H,22,26)(H,24,27). The number of nitrogens with one attached hydrogen (secondary N) is 2. The van der Waals surface area contributed by atoms with Crippen molar-refractivity contribution in [2.75, 3.05) is 25.0 Å². The molecule has 1 aromatic carbocycles. The van der Waals surface area contributed by atoms with Crippen LogP contribution in [0.15, 0.2) is 29.6 Å². The molecule has 3 amide bonds. The van der Waals surface area contributed by atoms with Crippen molar-refractivity contribution in [3.63, 3.8) is 0 Å². The van der Waals surface area contributed by atoms with Crippen molar-refractivity contribution < 1.29 is 9.59 Å². The SMILES string of the molecule is CCC(=O)NCCc1csc(C2CCN(C(=O)Nc3cccc(C)c3)CC2)n1. The van der Waals surface area contributed by atoms with E-state index in [9.17, 15) is 9.59 Å². The van der Waals surface area contributed by atoms with E-state index in [1.807, 2.05) is 43.0 Å². The van der Waals surface area contributed by atoms with Gasteiger partial charge in [0.15, 0.2) is 0 Å². The second-order valence-electron chi connectivity index (χ2n) is 7.19. The number of amides is 3. The molecule has 0 unspecified atom stereocenters. The molecule has 1 aliphatic heterocycles. The largest absolute Gasteiger partial charge is 0.356 e. The normalized spacial score (nSPS) is 14.7. The molecular formula is C21H28N4O2S. The molecule has 0 saturated carbocycles. The van der Waals surface area contributed by atoms with E-state index in [4.69, 9.17) is 4.98 Å². The number of likely N-dealkylation sites (tertiary alicyclic amines) is 1. The first-order valence-electron chi connectivity index (χ1n) is 9.88. The van der Waals surface area contributed by atoms with E-state index < -0.39 is 0 Å². The Hall–Kier alpha value is -2.41. The number of carbonyl (C=O) groups is 2. The van der Waals surface area contributed by atoms with E-state index in [2.05, 4.69) is 16.0 Å². The monoisotopic (exact) mass is 400 g/mol. The average molecular weight is 401 g/mol. The maximum absolute atomic E-state index is 12.5. The Balaban J connectivity index is 1.46. The number of nitrogens with zero attached hydrogens (tertiary/aromatic N) is 2. The fourth-order valence-electron chi connectivity index (χ4n) is 3.33. The fraction of sp³-hybridized carbons (Fsp3) is 0.476. The summed E-state index contributed by atoms with van der Waals surface area (Å²) >= 11 is 1.69. The number of piperidine rings is 1. The molecule has 150 valence electrons. The molecule has 1 saturated heterocycles. The van der Waals surface area contributed by atoms with Crippen LogP contribution < -0.4 is 10.6 Å². The summed E-state index contributed by atoms with van der Waals surface area (Å²) in [5, 5.41) is 9.11. The molecule has 2 N–H and O–H groups in total. The van der Waals surface area contributed by atoms with E-state index in [1.165, 1.54) is 0 Å². The first-order chi connectivity index (χ1) is 13.5. The van der Waals surface area contributed by atoms with Crippen molar-refractivity contribution in [2.24, 2.45) is 0 Å². The van der Waals surface area contributed by atoms with Crippen molar-refractivity contribution in [1.29, 1.82) is 0 Å². The van der Waals surface area contributed by atoms with Crippen LogP contribution in [-0.4, -0.2) is 41.5 Å². The number of benzene rings is 1. The summed E-state index contributed by atoms with van der Waals surface area (Å²) in [5.41, 5.74) is 3.01. The van der Waals surface area contributed by atoms with Crippen LogP contribution in [0.1, 0.15) is 48.4 Å². The van der Waals surface area contributed by atoms with Crippen LogP contribution in [0, 0.1) is 6.92 Å². The van der Waals surface area contributed by atoms with Gasteiger partial charge in [0, 0.05) is 49.5 Å². The van der Waals surface area contributed by atoms with E-state index in [1.54, 1.807) is 11.3 Å². The number of rotatable bonds is 6. The third-order valence-electron chi connectivity index (χ3n) is 4.99. The van der Waals surface area contributed by atoms with Gasteiger partial charge in [-0.15, -0.1) is 11.3 Å². The highest BCUT2D eigenvalue weighted by molar-refractivity contribution is 7.09. The van der Waals surface area contributed by atoms with Crippen LogP contribution in [0.25, 0.3) is 0 Å². The van der Waals surface area contributed by atoms with E-state index in [0.717, 1.165) is 54.3 Å². The molecule has 3 rings (SSSR count). The van der Waals surface area contributed by atoms with Gasteiger partial charge in [-0.05, 0) is 37.5 Å². The maximum Gasteiger partial charge on any atom is 0.321 e. The lowest BCUT2D eigenvalue weighted by Gasteiger charge is -2.31. The zero-order chi connectivity index (χ0) is 19.9. The van der Waals surface area contributed by atoms with Crippen LogP contribution in [0.2, 0.25) is 0 Å². The number of anilines is 1. The fourth-order valence-corrected chi connectivity index (χ4v) is 4.36. The first-order valence-corrected chi connectivity index (χ1v) is 10.8. The number of aryl methyl sites for hydroxylation is 1. The molecule has 1 aromatic heterocycles. The summed E-state index contributed by atoms with van der Waals surface area (Å²) in [5.74, 6) is 0.485. The van der Waals surface area contributed by atoms with Gasteiger partial charge in [0.1, 0.15) is 0 Å². The quantitative estimate of drug-likeness (QED) is 0.771. The Bertz CT molecular complexity index is 812. The Labute approximate surface area is 170 Å². The molecule has 1 aliphatic rings. The van der Waals surface area contributed by atoms with Crippen molar-refractivity contribution in [3.05, 3.63) is 45.9 Å². The van der Waals surface area contributed by atoms with E-state index in [-0.39, 0.29) is 11.9 Å². The molecule has 2 aromatic rings. The van der Waals surface area contributed by atoms with Crippen LogP contribution >= 0.6 is 11.3 Å². The maximum atomic E-state index is 12.5. The number of thiazole rings is 1. The lowest BCUT2D eigenvalue weighted by atomic mass is 9.98. The molecule has 0 bridgehead atoms. The molecule has 7 heteroatoms. The average Bonchev–Trinajstić information content (AvgIpc) is 3.17. The summed E-state index contributed by atoms with van der Waals surface area (Å²) in [4.78, 5) is 30.4. The Morgan fingerprint density at radius 1 is 1.29 bits per heavy atom. The molecule has 0 atom stereocenters. The van der Waals surface area contributed by atoms with Crippen LogP contribution in [-0.2, 0) is 11.2 Å². The van der Waals surface area contributed by atoms with Gasteiger partial charge in [-0.25, -0.2) is 9.78 Å². The minimum absolute atomic E-state index is 0.0319. The van der Waals surface area contributed by atoms with Gasteiger partial charge in [-0.2, -0.15) is 0 Å². The van der Waals surface area contributed by atoms with Crippen molar-refractivity contribution in [1.82, 2.24) is 15.2 Å². The lowest BCUT2D eigenvalue weighted by Crippen LogP contribution is -2.40. The minimum Gasteiger partial charge on any atom is -0.356 e.